The zero-order valence-corrected chi connectivity index (χ0v) is 7.90. The van der Waals surface area contributed by atoms with Crippen LogP contribution in [0.25, 0.3) is 5.65 Å². The van der Waals surface area contributed by atoms with Crippen molar-refractivity contribution in [3.8, 4) is 0 Å². The fourth-order valence-corrected chi connectivity index (χ4v) is 1.52. The third-order valence-corrected chi connectivity index (χ3v) is 2.17. The second-order valence-electron chi connectivity index (χ2n) is 3.27. The zero-order valence-electron chi connectivity index (χ0n) is 7.90. The predicted molar refractivity (Wildman–Crippen MR) is 52.8 cm³/mol. The first-order valence-electron chi connectivity index (χ1n) is 4.38. The van der Waals surface area contributed by atoms with E-state index in [2.05, 4.69) is 4.98 Å². The van der Waals surface area contributed by atoms with Gasteiger partial charge in [-0.25, -0.2) is 4.98 Å². The molecule has 0 aliphatic carbocycles. The number of pyridine rings is 1. The van der Waals surface area contributed by atoms with Crippen molar-refractivity contribution < 1.29 is 4.79 Å². The van der Waals surface area contributed by atoms with Gasteiger partial charge >= 0.3 is 0 Å². The maximum Gasteiger partial charge on any atom is 0.221 e. The molecule has 2 aromatic rings. The Labute approximate surface area is 81.4 Å². The lowest BCUT2D eigenvalue weighted by Crippen LogP contribution is -2.14. The van der Waals surface area contributed by atoms with Gasteiger partial charge in [0.25, 0.3) is 0 Å². The molecule has 72 valence electrons. The molecule has 0 aliphatic heterocycles. The van der Waals surface area contributed by atoms with Gasteiger partial charge in [-0.3, -0.25) is 4.79 Å². The number of rotatable bonds is 2. The maximum atomic E-state index is 10.8. The first kappa shape index (κ1) is 8.74. The van der Waals surface area contributed by atoms with Crippen molar-refractivity contribution in [2.24, 2.45) is 5.73 Å². The first-order chi connectivity index (χ1) is 6.68. The Morgan fingerprint density at radius 3 is 3.14 bits per heavy atom. The molecule has 0 atom stereocenters. The number of aryl methyl sites for hydroxylation is 1. The van der Waals surface area contributed by atoms with Crippen LogP contribution in [0.5, 0.6) is 0 Å². The number of nitrogens with zero attached hydrogens (tertiary/aromatic N) is 2. The molecule has 2 N–H and O–H groups in total. The third kappa shape index (κ3) is 1.35. The van der Waals surface area contributed by atoms with Gasteiger partial charge in [0.1, 0.15) is 5.65 Å². The molecule has 0 saturated heterocycles. The minimum atomic E-state index is -0.334. The molecule has 14 heavy (non-hydrogen) atoms. The van der Waals surface area contributed by atoms with Crippen LogP contribution in [-0.2, 0) is 11.2 Å². The topological polar surface area (TPSA) is 60.4 Å². The number of amides is 1. The number of carbonyl (C=O) groups excluding carboxylic acids is 1. The molecule has 2 heterocycles. The molecule has 0 fully saturated rings. The molecular weight excluding hydrogens is 178 g/mol. The molecule has 4 nitrogen and oxygen atoms in total. The quantitative estimate of drug-likeness (QED) is 0.754. The van der Waals surface area contributed by atoms with E-state index >= 15 is 0 Å². The average Bonchev–Trinajstić information content (AvgIpc) is 2.49. The van der Waals surface area contributed by atoms with Gasteiger partial charge in [0.05, 0.1) is 6.42 Å². The van der Waals surface area contributed by atoms with E-state index in [0.717, 1.165) is 16.9 Å². The minimum Gasteiger partial charge on any atom is -0.369 e. The van der Waals surface area contributed by atoms with Gasteiger partial charge in [-0.1, -0.05) is 6.07 Å². The smallest absolute Gasteiger partial charge is 0.221 e. The lowest BCUT2D eigenvalue weighted by atomic mass is 10.2. The lowest BCUT2D eigenvalue weighted by Gasteiger charge is -2.01. The molecule has 2 aromatic heterocycles. The minimum absolute atomic E-state index is 0.237. The fraction of sp³-hybridized carbons (Fsp3) is 0.200. The Hall–Kier alpha value is -1.84. The van der Waals surface area contributed by atoms with E-state index in [1.54, 1.807) is 6.20 Å². The number of nitrogens with two attached hydrogens (primary N) is 1. The third-order valence-electron chi connectivity index (χ3n) is 2.17. The van der Waals surface area contributed by atoms with Crippen LogP contribution in [0.4, 0.5) is 0 Å². The fourth-order valence-electron chi connectivity index (χ4n) is 1.52. The molecule has 4 heteroatoms. The van der Waals surface area contributed by atoms with Crippen molar-refractivity contribution in [3.63, 3.8) is 0 Å². The summed E-state index contributed by atoms with van der Waals surface area (Å²) in [6, 6.07) is 3.76. The monoisotopic (exact) mass is 189 g/mol. The van der Waals surface area contributed by atoms with Crippen LogP contribution >= 0.6 is 0 Å². The van der Waals surface area contributed by atoms with Crippen LogP contribution in [0.1, 0.15) is 11.3 Å². The Morgan fingerprint density at radius 1 is 1.64 bits per heavy atom. The van der Waals surface area contributed by atoms with E-state index in [1.165, 1.54) is 0 Å². The SMILES string of the molecule is Cc1cnc2c(CC(N)=O)cccn12. The zero-order chi connectivity index (χ0) is 10.1. The van der Waals surface area contributed by atoms with Gasteiger partial charge in [0.15, 0.2) is 0 Å². The largest absolute Gasteiger partial charge is 0.369 e. The number of imidazole rings is 1. The van der Waals surface area contributed by atoms with E-state index in [9.17, 15) is 4.79 Å². The highest BCUT2D eigenvalue weighted by atomic mass is 16.1. The van der Waals surface area contributed by atoms with Crippen molar-refractivity contribution >= 4 is 11.6 Å². The number of fused-ring (bicyclic) bond motifs is 1. The molecule has 0 unspecified atom stereocenters. The predicted octanol–water partition coefficient (Wildman–Crippen LogP) is 0.671. The van der Waals surface area contributed by atoms with E-state index in [1.807, 2.05) is 29.7 Å². The van der Waals surface area contributed by atoms with E-state index in [-0.39, 0.29) is 12.3 Å². The summed E-state index contributed by atoms with van der Waals surface area (Å²) in [5.74, 6) is -0.334. The van der Waals surface area contributed by atoms with E-state index < -0.39 is 0 Å². The number of aromatic nitrogens is 2. The summed E-state index contributed by atoms with van der Waals surface area (Å²) in [6.45, 7) is 1.97. The summed E-state index contributed by atoms with van der Waals surface area (Å²) < 4.78 is 1.94. The number of primary amides is 1. The Morgan fingerprint density at radius 2 is 2.43 bits per heavy atom. The van der Waals surface area contributed by atoms with Gasteiger partial charge < -0.3 is 10.1 Å². The summed E-state index contributed by atoms with van der Waals surface area (Å²) in [5.41, 5.74) is 7.87. The van der Waals surface area contributed by atoms with Crippen LogP contribution in [0.2, 0.25) is 0 Å². The van der Waals surface area contributed by atoms with Crippen LogP contribution < -0.4 is 5.73 Å². The van der Waals surface area contributed by atoms with Crippen molar-refractivity contribution in [1.29, 1.82) is 0 Å². The van der Waals surface area contributed by atoms with Crippen LogP contribution in [0.15, 0.2) is 24.5 Å². The molecule has 0 saturated carbocycles. The maximum absolute atomic E-state index is 10.8. The van der Waals surface area contributed by atoms with Gasteiger partial charge in [0, 0.05) is 23.7 Å². The summed E-state index contributed by atoms with van der Waals surface area (Å²) in [6.07, 6.45) is 3.93. The molecule has 0 bridgehead atoms. The number of hydrogen-bond donors (Lipinski definition) is 1. The molecule has 0 spiro atoms. The summed E-state index contributed by atoms with van der Waals surface area (Å²) in [5, 5.41) is 0. The normalized spacial score (nSPS) is 10.6. The van der Waals surface area contributed by atoms with Crippen molar-refractivity contribution in [2.75, 3.05) is 0 Å². The summed E-state index contributed by atoms with van der Waals surface area (Å²) in [4.78, 5) is 15.0. The lowest BCUT2D eigenvalue weighted by molar-refractivity contribution is -0.117. The number of hydrogen-bond acceptors (Lipinski definition) is 2. The van der Waals surface area contributed by atoms with Gasteiger partial charge in [-0.15, -0.1) is 0 Å². The van der Waals surface area contributed by atoms with E-state index in [0.29, 0.717) is 0 Å². The van der Waals surface area contributed by atoms with Gasteiger partial charge in [0.2, 0.25) is 5.91 Å². The molecule has 1 amide bonds. The summed E-state index contributed by atoms with van der Waals surface area (Å²) >= 11 is 0. The first-order valence-corrected chi connectivity index (χ1v) is 4.38. The molecule has 0 radical (unpaired) electrons. The van der Waals surface area contributed by atoms with Crippen molar-refractivity contribution in [3.05, 3.63) is 35.8 Å². The second kappa shape index (κ2) is 3.14. The Balaban J connectivity index is 2.59. The van der Waals surface area contributed by atoms with Gasteiger partial charge in [-0.2, -0.15) is 0 Å². The molecular formula is C10H11N3O. The molecule has 2 rings (SSSR count). The Bertz CT molecular complexity index is 487. The summed E-state index contributed by atoms with van der Waals surface area (Å²) in [7, 11) is 0. The van der Waals surface area contributed by atoms with Crippen LogP contribution in [0.3, 0.4) is 0 Å². The Kier molecular flexibility index (Phi) is 1.96. The van der Waals surface area contributed by atoms with Crippen LogP contribution in [0, 0.1) is 6.92 Å². The highest BCUT2D eigenvalue weighted by Gasteiger charge is 2.06. The standard InChI is InChI=1S/C10H11N3O/c1-7-6-12-10-8(5-9(11)14)3-2-4-13(7)10/h2-4,6H,5H2,1H3,(H2,11,14). The van der Waals surface area contributed by atoms with E-state index in [4.69, 9.17) is 5.73 Å². The molecule has 0 aliphatic rings. The highest BCUT2D eigenvalue weighted by Crippen LogP contribution is 2.11. The highest BCUT2D eigenvalue weighted by molar-refractivity contribution is 5.78. The van der Waals surface area contributed by atoms with Gasteiger partial charge in [-0.05, 0) is 13.0 Å². The average molecular weight is 189 g/mol. The second-order valence-corrected chi connectivity index (χ2v) is 3.27. The van der Waals surface area contributed by atoms with Crippen molar-refractivity contribution in [2.45, 2.75) is 13.3 Å². The van der Waals surface area contributed by atoms with Crippen LogP contribution in [-0.4, -0.2) is 15.3 Å². The molecule has 0 aromatic carbocycles. The number of carbonyl (C=O) groups is 1. The van der Waals surface area contributed by atoms with Crippen molar-refractivity contribution in [1.82, 2.24) is 9.38 Å².